The first-order valence-electron chi connectivity index (χ1n) is 3.36. The summed E-state index contributed by atoms with van der Waals surface area (Å²) < 4.78 is 0. The standard InChI is InChI=1S/C8H7NS2/c1-2-7(10-4-1)6-8-9-3-5-11-8/h1-5H,6H2. The maximum Gasteiger partial charge on any atom is 0.0977 e. The molecule has 3 heteroatoms. The van der Waals surface area contributed by atoms with E-state index in [0.717, 1.165) is 6.42 Å². The Bertz CT molecular complexity index is 264. The highest BCUT2D eigenvalue weighted by molar-refractivity contribution is 7.11. The Morgan fingerprint density at radius 1 is 1.27 bits per heavy atom. The van der Waals surface area contributed by atoms with Crippen LogP contribution in [0.15, 0.2) is 29.1 Å². The van der Waals surface area contributed by atoms with Gasteiger partial charge in [0.2, 0.25) is 0 Å². The first kappa shape index (κ1) is 7.00. The number of thiazole rings is 1. The summed E-state index contributed by atoms with van der Waals surface area (Å²) in [6.45, 7) is 0. The van der Waals surface area contributed by atoms with E-state index in [0.29, 0.717) is 0 Å². The zero-order chi connectivity index (χ0) is 7.52. The molecule has 0 aliphatic heterocycles. The molecule has 2 aromatic rings. The molecule has 0 saturated carbocycles. The second kappa shape index (κ2) is 3.15. The first-order valence-corrected chi connectivity index (χ1v) is 5.12. The van der Waals surface area contributed by atoms with Crippen molar-refractivity contribution in [3.8, 4) is 0 Å². The van der Waals surface area contributed by atoms with Gasteiger partial charge in [0, 0.05) is 22.9 Å². The molecule has 0 fully saturated rings. The maximum absolute atomic E-state index is 4.22. The third-order valence-corrected chi connectivity index (χ3v) is 3.05. The van der Waals surface area contributed by atoms with E-state index in [1.54, 1.807) is 22.7 Å². The van der Waals surface area contributed by atoms with Gasteiger partial charge in [-0.3, -0.25) is 0 Å². The zero-order valence-electron chi connectivity index (χ0n) is 5.86. The van der Waals surface area contributed by atoms with Crippen LogP contribution in [-0.2, 0) is 6.42 Å². The van der Waals surface area contributed by atoms with Gasteiger partial charge in [0.1, 0.15) is 0 Å². The summed E-state index contributed by atoms with van der Waals surface area (Å²) >= 11 is 3.50. The average molecular weight is 181 g/mol. The van der Waals surface area contributed by atoms with Crippen LogP contribution in [0.25, 0.3) is 0 Å². The van der Waals surface area contributed by atoms with Crippen molar-refractivity contribution in [2.45, 2.75) is 6.42 Å². The third kappa shape index (κ3) is 1.67. The van der Waals surface area contributed by atoms with Gasteiger partial charge in [-0.15, -0.1) is 22.7 Å². The Balaban J connectivity index is 2.14. The van der Waals surface area contributed by atoms with E-state index < -0.39 is 0 Å². The maximum atomic E-state index is 4.22. The summed E-state index contributed by atoms with van der Waals surface area (Å²) in [4.78, 5) is 5.61. The number of hydrogen-bond donors (Lipinski definition) is 0. The molecule has 0 radical (unpaired) electrons. The minimum absolute atomic E-state index is 0.995. The molecule has 0 amide bonds. The Morgan fingerprint density at radius 2 is 2.27 bits per heavy atom. The van der Waals surface area contributed by atoms with Crippen LogP contribution in [0.2, 0.25) is 0 Å². The highest BCUT2D eigenvalue weighted by Gasteiger charge is 1.97. The van der Waals surface area contributed by atoms with Crippen molar-refractivity contribution in [1.29, 1.82) is 0 Å². The Hall–Kier alpha value is -0.670. The highest BCUT2D eigenvalue weighted by Crippen LogP contribution is 2.15. The lowest BCUT2D eigenvalue weighted by atomic mass is 10.4. The molecular formula is C8H7NS2. The van der Waals surface area contributed by atoms with E-state index in [-0.39, 0.29) is 0 Å². The quantitative estimate of drug-likeness (QED) is 0.694. The zero-order valence-corrected chi connectivity index (χ0v) is 7.49. The van der Waals surface area contributed by atoms with Crippen molar-refractivity contribution in [3.63, 3.8) is 0 Å². The fourth-order valence-electron chi connectivity index (χ4n) is 0.902. The van der Waals surface area contributed by atoms with Gasteiger partial charge in [0.05, 0.1) is 5.01 Å². The average Bonchev–Trinajstić information content (AvgIpc) is 2.60. The molecule has 1 nitrogen and oxygen atoms in total. The molecule has 0 aliphatic rings. The molecule has 0 bridgehead atoms. The summed E-state index contributed by atoms with van der Waals surface area (Å²) in [6, 6.07) is 4.22. The lowest BCUT2D eigenvalue weighted by Crippen LogP contribution is -1.80. The molecule has 2 rings (SSSR count). The van der Waals surface area contributed by atoms with Crippen molar-refractivity contribution in [1.82, 2.24) is 4.98 Å². The lowest BCUT2D eigenvalue weighted by Gasteiger charge is -1.88. The van der Waals surface area contributed by atoms with Gasteiger partial charge < -0.3 is 0 Å². The summed E-state index contributed by atoms with van der Waals surface area (Å²) in [7, 11) is 0. The van der Waals surface area contributed by atoms with Crippen LogP contribution in [0.5, 0.6) is 0 Å². The molecule has 0 N–H and O–H groups in total. The van der Waals surface area contributed by atoms with Crippen LogP contribution in [0.4, 0.5) is 0 Å². The number of aromatic nitrogens is 1. The van der Waals surface area contributed by atoms with Gasteiger partial charge >= 0.3 is 0 Å². The Labute approximate surface area is 73.4 Å². The fraction of sp³-hybridized carbons (Fsp3) is 0.125. The molecule has 0 atom stereocenters. The Kier molecular flexibility index (Phi) is 2.01. The second-order valence-corrected chi connectivity index (χ2v) is 4.19. The predicted octanol–water partition coefficient (Wildman–Crippen LogP) is 2.80. The van der Waals surface area contributed by atoms with E-state index in [1.165, 1.54) is 9.88 Å². The monoisotopic (exact) mass is 181 g/mol. The van der Waals surface area contributed by atoms with Gasteiger partial charge in [-0.1, -0.05) is 6.07 Å². The SMILES string of the molecule is c1csc(Cc2nccs2)c1. The minimum Gasteiger partial charge on any atom is -0.249 e. The molecule has 0 aliphatic carbocycles. The summed E-state index contributed by atoms with van der Waals surface area (Å²) in [5.74, 6) is 0. The van der Waals surface area contributed by atoms with Gasteiger partial charge in [0.25, 0.3) is 0 Å². The van der Waals surface area contributed by atoms with Crippen molar-refractivity contribution < 1.29 is 0 Å². The molecule has 0 saturated heterocycles. The van der Waals surface area contributed by atoms with Crippen LogP contribution in [0, 0.1) is 0 Å². The van der Waals surface area contributed by atoms with Gasteiger partial charge in [-0.2, -0.15) is 0 Å². The van der Waals surface area contributed by atoms with Crippen LogP contribution in [0.1, 0.15) is 9.88 Å². The molecular weight excluding hydrogens is 174 g/mol. The number of rotatable bonds is 2. The van der Waals surface area contributed by atoms with Crippen LogP contribution < -0.4 is 0 Å². The fourth-order valence-corrected chi connectivity index (χ4v) is 2.34. The normalized spacial score (nSPS) is 10.2. The number of nitrogens with zero attached hydrogens (tertiary/aromatic N) is 1. The number of hydrogen-bond acceptors (Lipinski definition) is 3. The number of thiophene rings is 1. The van der Waals surface area contributed by atoms with Crippen LogP contribution in [0.3, 0.4) is 0 Å². The van der Waals surface area contributed by atoms with E-state index in [1.807, 2.05) is 11.6 Å². The van der Waals surface area contributed by atoms with Crippen LogP contribution >= 0.6 is 22.7 Å². The predicted molar refractivity (Wildman–Crippen MR) is 49.2 cm³/mol. The molecule has 2 aromatic heterocycles. The summed E-state index contributed by atoms with van der Waals surface area (Å²) in [5.41, 5.74) is 0. The van der Waals surface area contributed by atoms with Crippen molar-refractivity contribution in [3.05, 3.63) is 39.0 Å². The Morgan fingerprint density at radius 3 is 2.91 bits per heavy atom. The first-order chi connectivity index (χ1) is 5.45. The molecule has 2 heterocycles. The van der Waals surface area contributed by atoms with E-state index in [4.69, 9.17) is 0 Å². The van der Waals surface area contributed by atoms with Crippen molar-refractivity contribution in [2.24, 2.45) is 0 Å². The smallest absolute Gasteiger partial charge is 0.0977 e. The largest absolute Gasteiger partial charge is 0.249 e. The van der Waals surface area contributed by atoms with Crippen LogP contribution in [-0.4, -0.2) is 4.98 Å². The summed E-state index contributed by atoms with van der Waals surface area (Å²) in [5, 5.41) is 5.32. The topological polar surface area (TPSA) is 12.9 Å². The highest BCUT2D eigenvalue weighted by atomic mass is 32.1. The van der Waals surface area contributed by atoms with Gasteiger partial charge in [-0.05, 0) is 11.4 Å². The van der Waals surface area contributed by atoms with Crippen molar-refractivity contribution >= 4 is 22.7 Å². The summed E-state index contributed by atoms with van der Waals surface area (Å²) in [6.07, 6.45) is 2.85. The molecule has 0 spiro atoms. The third-order valence-electron chi connectivity index (χ3n) is 1.39. The van der Waals surface area contributed by atoms with Gasteiger partial charge in [-0.25, -0.2) is 4.98 Å². The van der Waals surface area contributed by atoms with E-state index in [9.17, 15) is 0 Å². The minimum atomic E-state index is 0.995. The van der Waals surface area contributed by atoms with E-state index in [2.05, 4.69) is 22.5 Å². The molecule has 0 unspecified atom stereocenters. The molecule has 0 aromatic carbocycles. The second-order valence-electron chi connectivity index (χ2n) is 2.18. The van der Waals surface area contributed by atoms with Crippen molar-refractivity contribution in [2.75, 3.05) is 0 Å². The molecule has 11 heavy (non-hydrogen) atoms. The van der Waals surface area contributed by atoms with Gasteiger partial charge in [0.15, 0.2) is 0 Å². The van der Waals surface area contributed by atoms with E-state index >= 15 is 0 Å². The molecule has 56 valence electrons. The lowest BCUT2D eigenvalue weighted by molar-refractivity contribution is 1.17.